The predicted molar refractivity (Wildman–Crippen MR) is 69.4 cm³/mol. The summed E-state index contributed by atoms with van der Waals surface area (Å²) in [6, 6.07) is 7.76. The standard InChI is InChI=1S/C13H15NO2S/c1-9(15)8-14-11-5-3-4-6-12(11)17-10(2)7-13(14)16/h3-6,10H,7-8H2,1-2H3. The molecule has 0 bridgehead atoms. The maximum Gasteiger partial charge on any atom is 0.228 e. The summed E-state index contributed by atoms with van der Waals surface area (Å²) in [5.41, 5.74) is 0.863. The fraction of sp³-hybridized carbons (Fsp3) is 0.385. The van der Waals surface area contributed by atoms with Gasteiger partial charge in [0.25, 0.3) is 0 Å². The minimum Gasteiger partial charge on any atom is -0.304 e. The molecule has 3 nitrogen and oxygen atoms in total. The molecule has 0 fully saturated rings. The molecule has 0 saturated heterocycles. The third kappa shape index (κ3) is 2.69. The maximum absolute atomic E-state index is 12.1. The first kappa shape index (κ1) is 12.2. The Morgan fingerprint density at radius 2 is 2.18 bits per heavy atom. The summed E-state index contributed by atoms with van der Waals surface area (Å²) >= 11 is 1.69. The molecule has 1 aliphatic heterocycles. The largest absolute Gasteiger partial charge is 0.304 e. The lowest BCUT2D eigenvalue weighted by atomic mass is 10.2. The molecule has 1 atom stereocenters. The first-order valence-electron chi connectivity index (χ1n) is 5.63. The number of ketones is 1. The number of benzene rings is 1. The summed E-state index contributed by atoms with van der Waals surface area (Å²) in [6.07, 6.45) is 0.479. The highest BCUT2D eigenvalue weighted by Gasteiger charge is 2.26. The Labute approximate surface area is 105 Å². The molecule has 0 aromatic heterocycles. The molecule has 90 valence electrons. The molecule has 17 heavy (non-hydrogen) atoms. The second-order valence-electron chi connectivity index (χ2n) is 4.28. The van der Waals surface area contributed by atoms with Crippen LogP contribution in [0.25, 0.3) is 0 Å². The van der Waals surface area contributed by atoms with Crippen LogP contribution < -0.4 is 4.90 Å². The number of carbonyl (C=O) groups is 2. The Kier molecular flexibility index (Phi) is 3.52. The number of anilines is 1. The molecular weight excluding hydrogens is 234 g/mol. The highest BCUT2D eigenvalue weighted by Crippen LogP contribution is 2.37. The SMILES string of the molecule is CC(=O)CN1C(=O)CC(C)Sc2ccccc21. The van der Waals surface area contributed by atoms with Crippen LogP contribution in [0.1, 0.15) is 20.3 Å². The molecule has 1 aromatic rings. The third-order valence-electron chi connectivity index (χ3n) is 2.63. The van der Waals surface area contributed by atoms with Crippen LogP contribution in [0.15, 0.2) is 29.2 Å². The van der Waals surface area contributed by atoms with Crippen molar-refractivity contribution in [1.29, 1.82) is 0 Å². The summed E-state index contributed by atoms with van der Waals surface area (Å²) in [5, 5.41) is 0.251. The van der Waals surface area contributed by atoms with Gasteiger partial charge in [0.15, 0.2) is 0 Å². The van der Waals surface area contributed by atoms with Gasteiger partial charge in [-0.2, -0.15) is 0 Å². The lowest BCUT2D eigenvalue weighted by Gasteiger charge is -2.21. The van der Waals surface area contributed by atoms with Crippen molar-refractivity contribution < 1.29 is 9.59 Å². The van der Waals surface area contributed by atoms with Gasteiger partial charge >= 0.3 is 0 Å². The van der Waals surface area contributed by atoms with Gasteiger partial charge in [-0.1, -0.05) is 19.1 Å². The van der Waals surface area contributed by atoms with E-state index in [4.69, 9.17) is 0 Å². The fourth-order valence-electron chi connectivity index (χ4n) is 1.92. The van der Waals surface area contributed by atoms with Crippen LogP contribution in [0.4, 0.5) is 5.69 Å². The monoisotopic (exact) mass is 249 g/mol. The topological polar surface area (TPSA) is 37.4 Å². The summed E-state index contributed by atoms with van der Waals surface area (Å²) in [6.45, 7) is 3.72. The molecule has 0 spiro atoms. The first-order valence-corrected chi connectivity index (χ1v) is 6.51. The van der Waals surface area contributed by atoms with Gasteiger partial charge in [0.1, 0.15) is 5.78 Å². The summed E-state index contributed by atoms with van der Waals surface area (Å²) in [5.74, 6) is 0.0397. The molecule has 1 aromatic carbocycles. The molecule has 1 amide bonds. The lowest BCUT2D eigenvalue weighted by Crippen LogP contribution is -2.35. The van der Waals surface area contributed by atoms with Crippen molar-refractivity contribution in [1.82, 2.24) is 0 Å². The number of hydrogen-bond donors (Lipinski definition) is 0. The van der Waals surface area contributed by atoms with E-state index in [1.165, 1.54) is 6.92 Å². The van der Waals surface area contributed by atoms with Crippen LogP contribution in [-0.4, -0.2) is 23.5 Å². The zero-order chi connectivity index (χ0) is 12.4. The van der Waals surface area contributed by atoms with Crippen molar-refractivity contribution in [3.8, 4) is 0 Å². The van der Waals surface area contributed by atoms with Crippen molar-refractivity contribution in [2.24, 2.45) is 0 Å². The third-order valence-corrected chi connectivity index (χ3v) is 3.80. The summed E-state index contributed by atoms with van der Waals surface area (Å²) < 4.78 is 0. The highest BCUT2D eigenvalue weighted by molar-refractivity contribution is 8.00. The zero-order valence-electron chi connectivity index (χ0n) is 9.97. The van der Waals surface area contributed by atoms with Gasteiger partial charge in [0.2, 0.25) is 5.91 Å². The molecular formula is C13H15NO2S. The Morgan fingerprint density at radius 1 is 1.47 bits per heavy atom. The average molecular weight is 249 g/mol. The van der Waals surface area contributed by atoms with E-state index in [9.17, 15) is 9.59 Å². The number of carbonyl (C=O) groups excluding carboxylic acids is 2. The first-order chi connectivity index (χ1) is 8.08. The summed E-state index contributed by atoms with van der Waals surface area (Å²) in [7, 11) is 0. The van der Waals surface area contributed by atoms with Gasteiger partial charge in [0, 0.05) is 16.6 Å². The number of para-hydroxylation sites is 1. The Balaban J connectivity index is 2.42. The minimum atomic E-state index is 0.00714. The van der Waals surface area contributed by atoms with Crippen LogP contribution in [0.2, 0.25) is 0 Å². The van der Waals surface area contributed by atoms with Crippen molar-refractivity contribution in [3.63, 3.8) is 0 Å². The van der Waals surface area contributed by atoms with Crippen LogP contribution in [0.5, 0.6) is 0 Å². The number of rotatable bonds is 2. The smallest absolute Gasteiger partial charge is 0.228 e. The Hall–Kier alpha value is -1.29. The van der Waals surface area contributed by atoms with Gasteiger partial charge in [-0.15, -0.1) is 11.8 Å². The van der Waals surface area contributed by atoms with Crippen molar-refractivity contribution in [3.05, 3.63) is 24.3 Å². The Morgan fingerprint density at radius 3 is 2.88 bits per heavy atom. The molecule has 0 N–H and O–H groups in total. The van der Waals surface area contributed by atoms with Crippen LogP contribution >= 0.6 is 11.8 Å². The molecule has 1 aliphatic rings. The highest BCUT2D eigenvalue weighted by atomic mass is 32.2. The number of fused-ring (bicyclic) bond motifs is 1. The quantitative estimate of drug-likeness (QED) is 0.808. The lowest BCUT2D eigenvalue weighted by molar-refractivity contribution is -0.121. The number of thioether (sulfide) groups is 1. The van der Waals surface area contributed by atoms with E-state index in [0.717, 1.165) is 10.6 Å². The Bertz CT molecular complexity index is 458. The molecule has 0 radical (unpaired) electrons. The van der Waals surface area contributed by atoms with Crippen molar-refractivity contribution in [2.75, 3.05) is 11.4 Å². The van der Waals surface area contributed by atoms with E-state index >= 15 is 0 Å². The van der Waals surface area contributed by atoms with E-state index in [0.29, 0.717) is 6.42 Å². The van der Waals surface area contributed by atoms with Crippen LogP contribution in [0.3, 0.4) is 0 Å². The van der Waals surface area contributed by atoms with Crippen molar-refractivity contribution in [2.45, 2.75) is 30.4 Å². The predicted octanol–water partition coefficient (Wildman–Crippen LogP) is 2.49. The van der Waals surface area contributed by atoms with Gasteiger partial charge < -0.3 is 4.90 Å². The molecule has 0 saturated carbocycles. The molecule has 2 rings (SSSR count). The average Bonchev–Trinajstić information content (AvgIpc) is 2.36. The second kappa shape index (κ2) is 4.92. The van der Waals surface area contributed by atoms with E-state index in [2.05, 4.69) is 0 Å². The van der Waals surface area contributed by atoms with Gasteiger partial charge in [-0.25, -0.2) is 0 Å². The molecule has 1 unspecified atom stereocenters. The van der Waals surface area contributed by atoms with E-state index in [1.54, 1.807) is 16.7 Å². The molecule has 1 heterocycles. The fourth-order valence-corrected chi connectivity index (χ4v) is 3.04. The number of hydrogen-bond acceptors (Lipinski definition) is 3. The van der Waals surface area contributed by atoms with Gasteiger partial charge in [0.05, 0.1) is 12.2 Å². The minimum absolute atomic E-state index is 0.00714. The molecule has 4 heteroatoms. The van der Waals surface area contributed by atoms with E-state index in [-0.39, 0.29) is 23.5 Å². The maximum atomic E-state index is 12.1. The van der Waals surface area contributed by atoms with Crippen LogP contribution in [0, 0.1) is 0 Å². The van der Waals surface area contributed by atoms with Crippen LogP contribution in [-0.2, 0) is 9.59 Å². The van der Waals surface area contributed by atoms with Gasteiger partial charge in [-0.3, -0.25) is 9.59 Å². The van der Waals surface area contributed by atoms with Crippen molar-refractivity contribution >= 4 is 29.1 Å². The molecule has 0 aliphatic carbocycles. The normalized spacial score (nSPS) is 19.8. The number of amides is 1. The van der Waals surface area contributed by atoms with E-state index in [1.807, 2.05) is 31.2 Å². The number of Topliss-reactive ketones (excluding diaryl/α,β-unsaturated/α-hetero) is 1. The van der Waals surface area contributed by atoms with Gasteiger partial charge in [-0.05, 0) is 19.1 Å². The summed E-state index contributed by atoms with van der Waals surface area (Å²) in [4.78, 5) is 26.0. The number of nitrogens with zero attached hydrogens (tertiary/aromatic N) is 1. The van der Waals surface area contributed by atoms with E-state index < -0.39 is 0 Å². The zero-order valence-corrected chi connectivity index (χ0v) is 10.8. The second-order valence-corrected chi connectivity index (χ2v) is 5.76.